The summed E-state index contributed by atoms with van der Waals surface area (Å²) in [4.78, 5) is 120. The minimum atomic E-state index is -4.92. The van der Waals surface area contributed by atoms with E-state index >= 15 is 0 Å². The molecule has 26 nitrogen and oxygen atoms in total. The number of hydrogen-bond acceptors (Lipinski definition) is 16. The molecule has 3 heterocycles. The van der Waals surface area contributed by atoms with E-state index in [1.165, 1.54) is 54.6 Å². The molecule has 4 aromatic rings. The van der Waals surface area contributed by atoms with Gasteiger partial charge in [0.15, 0.2) is 12.7 Å². The van der Waals surface area contributed by atoms with Crippen molar-refractivity contribution < 1.29 is 75.9 Å². The number of H-pyrrole nitrogens is 1. The molecule has 3 aliphatic rings. The lowest BCUT2D eigenvalue weighted by atomic mass is 9.69. The summed E-state index contributed by atoms with van der Waals surface area (Å²) in [6.07, 6.45) is 0.951. The Morgan fingerprint density at radius 2 is 1.65 bits per heavy atom. The molecule has 1 saturated heterocycles. The Morgan fingerprint density at radius 3 is 2.37 bits per heavy atom. The highest BCUT2D eigenvalue weighted by Gasteiger charge is 2.39. The number of aromatic hydroxyl groups is 1. The first-order chi connectivity index (χ1) is 35.5. The van der Waals surface area contributed by atoms with E-state index in [-0.39, 0.29) is 71.7 Å². The van der Waals surface area contributed by atoms with Gasteiger partial charge in [-0.25, -0.2) is 18.7 Å². The van der Waals surface area contributed by atoms with E-state index in [4.69, 9.17) is 39.1 Å². The van der Waals surface area contributed by atoms with Crippen molar-refractivity contribution in [3.05, 3.63) is 150 Å². The molecule has 4 atom stereocenters. The Labute approximate surface area is 423 Å². The molecule has 0 radical (unpaired) electrons. The molecule has 29 heteroatoms. The lowest BCUT2D eigenvalue weighted by Crippen LogP contribution is -2.36. The van der Waals surface area contributed by atoms with E-state index in [0.29, 0.717) is 27.6 Å². The van der Waals surface area contributed by atoms with Gasteiger partial charge in [0.1, 0.15) is 35.8 Å². The van der Waals surface area contributed by atoms with Crippen LogP contribution in [0.3, 0.4) is 0 Å². The number of nitrogens with one attached hydrogen (secondary N) is 5. The highest BCUT2D eigenvalue weighted by Crippen LogP contribution is 2.46. The van der Waals surface area contributed by atoms with Crippen molar-refractivity contribution in [2.45, 2.75) is 31.6 Å². The SMILES string of the molecule is N=C(N)c1ccc(CNC(=O)COP(=O)(O)OCC2OC(n3cc(/C=C/C(=O)NCNC(=O)c4ccc(C(=O)O)c(-c5c6ccc(=O)cc-6oc6cc(O)ccc56)c4)c(=O)[nH]c3=O)CC2CBCOP(=O)(O)O)cc1. The van der Waals surface area contributed by atoms with E-state index in [1.54, 1.807) is 24.3 Å². The number of fused-ring (bicyclic) bond motifs is 2. The van der Waals surface area contributed by atoms with Crippen molar-refractivity contribution in [2.75, 3.05) is 26.4 Å². The Balaban J connectivity index is 0.984. The molecule has 3 aromatic carbocycles. The van der Waals surface area contributed by atoms with Crippen LogP contribution in [0.15, 0.2) is 110 Å². The molecule has 2 aliphatic heterocycles. The summed E-state index contributed by atoms with van der Waals surface area (Å²) in [5, 5.41) is 35.5. The van der Waals surface area contributed by atoms with Crippen molar-refractivity contribution >= 4 is 69.5 Å². The van der Waals surface area contributed by atoms with E-state index < -0.39 is 101 Å². The number of ether oxygens (including phenoxy) is 1. The maximum atomic E-state index is 13.4. The van der Waals surface area contributed by atoms with Crippen molar-refractivity contribution in [3.63, 3.8) is 0 Å². The van der Waals surface area contributed by atoms with Crippen LogP contribution in [0.4, 0.5) is 0 Å². The van der Waals surface area contributed by atoms with Crippen LogP contribution in [-0.2, 0) is 43.6 Å². The van der Waals surface area contributed by atoms with Gasteiger partial charge in [0.25, 0.3) is 11.5 Å². The first kappa shape index (κ1) is 54.9. The number of phosphoric acid groups is 2. The smallest absolute Gasteiger partial charge is 0.472 e. The minimum Gasteiger partial charge on any atom is -0.508 e. The number of carbonyl (C=O) groups excluding carboxylic acids is 3. The number of carboxylic acids is 1. The number of hydrogen-bond donors (Lipinski definition) is 11. The average Bonchev–Trinajstić information content (AvgIpc) is 3.76. The summed E-state index contributed by atoms with van der Waals surface area (Å²) in [6.45, 7) is -2.37. The number of nitrogen functional groups attached to an aromatic ring is 1. The third kappa shape index (κ3) is 14.5. The number of aromatic carboxylic acids is 1. The maximum Gasteiger partial charge on any atom is 0.472 e. The van der Waals surface area contributed by atoms with Crippen LogP contribution in [0, 0.1) is 11.3 Å². The fraction of sp³-hybridized carbons (Fsp3) is 0.217. The molecule has 7 rings (SSSR count). The number of carbonyl (C=O) groups is 4. The number of aromatic amines is 1. The molecule has 0 bridgehead atoms. The topological polar surface area (TPSA) is 412 Å². The van der Waals surface area contributed by atoms with Gasteiger partial charge in [-0.3, -0.25) is 52.5 Å². The molecule has 3 amide bonds. The van der Waals surface area contributed by atoms with Gasteiger partial charge >= 0.3 is 27.3 Å². The lowest BCUT2D eigenvalue weighted by Gasteiger charge is -2.20. The van der Waals surface area contributed by atoms with Crippen LogP contribution in [-0.4, -0.2) is 104 Å². The molecule has 1 aliphatic carbocycles. The van der Waals surface area contributed by atoms with Crippen LogP contribution in [0.2, 0.25) is 6.32 Å². The first-order valence-corrected chi connectivity index (χ1v) is 25.4. The second-order valence-corrected chi connectivity index (χ2v) is 19.4. The zero-order valence-corrected chi connectivity index (χ0v) is 40.8. The number of phenolic OH excluding ortho intramolecular Hbond substituents is 1. The fourth-order valence-electron chi connectivity index (χ4n) is 7.97. The first-order valence-electron chi connectivity index (χ1n) is 22.4. The van der Waals surface area contributed by atoms with Gasteiger partial charge in [0.2, 0.25) is 11.8 Å². The van der Waals surface area contributed by atoms with Gasteiger partial charge in [-0.05, 0) is 72.0 Å². The van der Waals surface area contributed by atoms with Crippen LogP contribution in [0.25, 0.3) is 39.5 Å². The van der Waals surface area contributed by atoms with E-state index in [2.05, 4.69) is 25.5 Å². The van der Waals surface area contributed by atoms with Gasteiger partial charge in [-0.15, -0.1) is 0 Å². The van der Waals surface area contributed by atoms with Gasteiger partial charge < -0.3 is 55.7 Å². The van der Waals surface area contributed by atoms with Crippen LogP contribution in [0.5, 0.6) is 5.75 Å². The molecule has 0 saturated carbocycles. The summed E-state index contributed by atoms with van der Waals surface area (Å²) in [5.41, 5.74) is 4.69. The van der Waals surface area contributed by atoms with Gasteiger partial charge in [-0.1, -0.05) is 30.6 Å². The van der Waals surface area contributed by atoms with E-state index in [9.17, 15) is 57.8 Å². The van der Waals surface area contributed by atoms with Crippen molar-refractivity contribution in [1.82, 2.24) is 25.5 Å². The minimum absolute atomic E-state index is 0.00664. The molecular weight excluding hydrogens is 1030 g/mol. The summed E-state index contributed by atoms with van der Waals surface area (Å²) in [6, 6.07) is 18.2. The fourth-order valence-corrected chi connectivity index (χ4v) is 9.02. The van der Waals surface area contributed by atoms with Crippen molar-refractivity contribution in [2.24, 2.45) is 11.7 Å². The standard InChI is InChI=1S/C46H46BN7O19P2/c48-42(49)25-3-1-24(2-4-25)18-50-39(58)21-70-75(67,68)69-20-37-28(17-47-22-71-74(64,65)66)14-40(73-37)54-19-27(44(60)53-46(54)63)6-12-38(57)51-23-52-43(59)26-5-9-31(45(61)62)34(13-26)41-32-10-7-29(55)15-35(32)72-36-16-30(56)8-11-33(36)41/h1-13,15-16,19,28,37,40,47,55H,14,17-18,20-23H2,(H3,48,49)(H,50,58)(H,51,57)(H,52,59)(H,61,62)(H,67,68)(H,53,60,63)(H2,64,65,66)/b12-6+. The molecule has 4 unspecified atom stereocenters. The van der Waals surface area contributed by atoms with E-state index in [1.807, 2.05) is 0 Å². The molecular formula is C46H46BN7O19P2. The molecule has 12 N–H and O–H groups in total. The highest BCUT2D eigenvalue weighted by molar-refractivity contribution is 7.47. The number of phenols is 1. The summed E-state index contributed by atoms with van der Waals surface area (Å²) in [7, 11) is -9.69. The largest absolute Gasteiger partial charge is 0.508 e. The monoisotopic (exact) mass is 1070 g/mol. The quantitative estimate of drug-likeness (QED) is 0.00676. The van der Waals surface area contributed by atoms with E-state index in [0.717, 1.165) is 22.9 Å². The van der Waals surface area contributed by atoms with Crippen LogP contribution >= 0.6 is 15.6 Å². The third-order valence-corrected chi connectivity index (χ3v) is 13.0. The maximum absolute atomic E-state index is 13.4. The van der Waals surface area contributed by atoms with Crippen molar-refractivity contribution in [1.29, 1.82) is 5.41 Å². The summed E-state index contributed by atoms with van der Waals surface area (Å²) >= 11 is 0. The number of aromatic nitrogens is 2. The second kappa shape index (κ2) is 23.6. The number of phosphoric ester groups is 2. The zero-order valence-electron chi connectivity index (χ0n) is 39.0. The number of amides is 3. The average molecular weight is 1070 g/mol. The lowest BCUT2D eigenvalue weighted by molar-refractivity contribution is -0.124. The van der Waals surface area contributed by atoms with Gasteiger partial charge in [0.05, 0.1) is 30.5 Å². The number of amidine groups is 1. The summed E-state index contributed by atoms with van der Waals surface area (Å²) in [5.74, 6) is -4.50. The highest BCUT2D eigenvalue weighted by atomic mass is 31.2. The Morgan fingerprint density at radius 1 is 0.907 bits per heavy atom. The summed E-state index contributed by atoms with van der Waals surface area (Å²) < 4.78 is 51.5. The Bertz CT molecular complexity index is 3470. The van der Waals surface area contributed by atoms with Crippen LogP contribution in [0.1, 0.15) is 50.1 Å². The normalized spacial score (nSPS) is 16.4. The predicted molar refractivity (Wildman–Crippen MR) is 267 cm³/mol. The molecule has 1 fully saturated rings. The predicted octanol–water partition coefficient (Wildman–Crippen LogP) is 1.89. The molecule has 1 aromatic heterocycles. The number of rotatable bonds is 22. The number of benzene rings is 4. The van der Waals surface area contributed by atoms with Crippen molar-refractivity contribution in [3.8, 4) is 28.2 Å². The molecule has 0 spiro atoms. The molecule has 392 valence electrons. The van der Waals surface area contributed by atoms with Crippen LogP contribution < -0.4 is 38.4 Å². The number of nitrogens with zero attached hydrogens (tertiary/aromatic N) is 1. The molecule has 75 heavy (non-hydrogen) atoms. The Hall–Kier alpha value is -7.84. The number of nitrogens with two attached hydrogens (primary N) is 1. The van der Waals surface area contributed by atoms with Gasteiger partial charge in [0, 0.05) is 65.1 Å². The zero-order chi connectivity index (χ0) is 54.2. The number of carboxylic acid groups (broad SMARTS) is 1. The third-order valence-electron chi connectivity index (χ3n) is 11.5. The Kier molecular flexibility index (Phi) is 17.3. The van der Waals surface area contributed by atoms with Gasteiger partial charge in [-0.2, -0.15) is 0 Å². The second-order valence-electron chi connectivity index (χ2n) is 16.7.